The molecule has 1 aromatic carbocycles. The highest BCUT2D eigenvalue weighted by Crippen LogP contribution is 2.27. The predicted molar refractivity (Wildman–Crippen MR) is 88.6 cm³/mol. The topological polar surface area (TPSA) is 58.5 Å². The van der Waals surface area contributed by atoms with Crippen LogP contribution < -0.4 is 4.74 Å². The van der Waals surface area contributed by atoms with Gasteiger partial charge in [-0.2, -0.15) is 0 Å². The molecule has 122 valence electrons. The third-order valence-corrected chi connectivity index (χ3v) is 4.21. The fourth-order valence-corrected chi connectivity index (χ4v) is 2.88. The number of hydrogen-bond donors (Lipinski definition) is 1. The fraction of sp³-hybridized carbons (Fsp3) is 0.444. The third-order valence-electron chi connectivity index (χ3n) is 4.21. The summed E-state index contributed by atoms with van der Waals surface area (Å²) in [4.78, 5) is 11.5. The van der Waals surface area contributed by atoms with Gasteiger partial charge in [-0.15, -0.1) is 0 Å². The van der Waals surface area contributed by atoms with Crippen molar-refractivity contribution in [2.75, 3.05) is 13.7 Å². The van der Waals surface area contributed by atoms with Crippen LogP contribution in [0.25, 0.3) is 0 Å². The van der Waals surface area contributed by atoms with E-state index in [4.69, 9.17) is 9.72 Å². The van der Waals surface area contributed by atoms with E-state index in [1.165, 1.54) is 5.56 Å². The Hall–Kier alpha value is -2.14. The lowest BCUT2D eigenvalue weighted by Gasteiger charge is -2.28. The molecule has 0 spiro atoms. The van der Waals surface area contributed by atoms with Crippen LogP contribution in [-0.4, -0.2) is 33.6 Å². The molecule has 0 saturated heterocycles. The highest BCUT2D eigenvalue weighted by molar-refractivity contribution is 5.41. The standard InChI is InChI=1S/C18H23N3O2/c1-12(2)18-19-9-14-6-7-21(11-15(14)20-18)10-13-4-5-17(23-3)16(22)8-13/h4-5,8-9,12,22H,6-7,10-11H2,1-3H3. The van der Waals surface area contributed by atoms with Gasteiger partial charge in [0.15, 0.2) is 11.5 Å². The number of aromatic nitrogens is 2. The van der Waals surface area contributed by atoms with Crippen LogP contribution in [0.2, 0.25) is 0 Å². The molecule has 0 aliphatic carbocycles. The molecule has 2 heterocycles. The van der Waals surface area contributed by atoms with E-state index in [9.17, 15) is 5.11 Å². The molecule has 0 bridgehead atoms. The van der Waals surface area contributed by atoms with Crippen molar-refractivity contribution in [3.63, 3.8) is 0 Å². The Morgan fingerprint density at radius 3 is 2.87 bits per heavy atom. The normalized spacial score (nSPS) is 14.8. The zero-order valence-corrected chi connectivity index (χ0v) is 13.9. The summed E-state index contributed by atoms with van der Waals surface area (Å²) in [5.74, 6) is 1.95. The molecule has 3 rings (SSSR count). The molecular formula is C18H23N3O2. The molecule has 0 unspecified atom stereocenters. The zero-order valence-electron chi connectivity index (χ0n) is 13.9. The molecular weight excluding hydrogens is 290 g/mol. The summed E-state index contributed by atoms with van der Waals surface area (Å²) in [6, 6.07) is 5.57. The first-order valence-corrected chi connectivity index (χ1v) is 7.99. The van der Waals surface area contributed by atoms with Crippen molar-refractivity contribution in [3.05, 3.63) is 47.0 Å². The van der Waals surface area contributed by atoms with Crippen LogP contribution in [-0.2, 0) is 19.5 Å². The molecule has 5 heteroatoms. The second kappa shape index (κ2) is 6.54. The summed E-state index contributed by atoms with van der Waals surface area (Å²) in [5, 5.41) is 9.91. The number of phenolic OH excluding ortho intramolecular Hbond substituents is 1. The molecule has 5 nitrogen and oxygen atoms in total. The molecule has 0 radical (unpaired) electrons. The fourth-order valence-electron chi connectivity index (χ4n) is 2.88. The van der Waals surface area contributed by atoms with Crippen LogP contribution in [0.1, 0.15) is 42.4 Å². The average molecular weight is 313 g/mol. The van der Waals surface area contributed by atoms with Crippen LogP contribution in [0.15, 0.2) is 24.4 Å². The molecule has 0 fully saturated rings. The first-order chi connectivity index (χ1) is 11.1. The van der Waals surface area contributed by atoms with Crippen molar-refractivity contribution in [2.24, 2.45) is 0 Å². The Bertz CT molecular complexity index is 701. The second-order valence-electron chi connectivity index (χ2n) is 6.32. The van der Waals surface area contributed by atoms with Gasteiger partial charge in [-0.05, 0) is 29.7 Å². The number of hydrogen-bond acceptors (Lipinski definition) is 5. The zero-order chi connectivity index (χ0) is 16.4. The summed E-state index contributed by atoms with van der Waals surface area (Å²) in [6.07, 6.45) is 2.95. The van der Waals surface area contributed by atoms with E-state index in [2.05, 4.69) is 23.7 Å². The van der Waals surface area contributed by atoms with Crippen molar-refractivity contribution in [1.82, 2.24) is 14.9 Å². The number of ether oxygens (including phenoxy) is 1. The quantitative estimate of drug-likeness (QED) is 0.940. The van der Waals surface area contributed by atoms with Crippen molar-refractivity contribution >= 4 is 0 Å². The van der Waals surface area contributed by atoms with E-state index < -0.39 is 0 Å². The predicted octanol–water partition coefficient (Wildman–Crippen LogP) is 2.87. The minimum Gasteiger partial charge on any atom is -0.504 e. The largest absolute Gasteiger partial charge is 0.504 e. The van der Waals surface area contributed by atoms with Crippen LogP contribution in [0, 0.1) is 0 Å². The molecule has 0 saturated carbocycles. The number of rotatable bonds is 4. The lowest BCUT2D eigenvalue weighted by molar-refractivity contribution is 0.240. The first kappa shape index (κ1) is 15.7. The van der Waals surface area contributed by atoms with E-state index in [1.807, 2.05) is 18.3 Å². The highest BCUT2D eigenvalue weighted by atomic mass is 16.5. The summed E-state index contributed by atoms with van der Waals surface area (Å²) >= 11 is 0. The van der Waals surface area contributed by atoms with Gasteiger partial charge in [0.1, 0.15) is 5.82 Å². The van der Waals surface area contributed by atoms with E-state index in [-0.39, 0.29) is 5.75 Å². The van der Waals surface area contributed by atoms with Crippen molar-refractivity contribution in [2.45, 2.75) is 39.3 Å². The molecule has 1 aliphatic heterocycles. The van der Waals surface area contributed by atoms with Gasteiger partial charge in [-0.3, -0.25) is 4.90 Å². The van der Waals surface area contributed by atoms with Crippen LogP contribution in [0.3, 0.4) is 0 Å². The maximum atomic E-state index is 9.91. The highest BCUT2D eigenvalue weighted by Gasteiger charge is 2.19. The maximum absolute atomic E-state index is 9.91. The smallest absolute Gasteiger partial charge is 0.160 e. The number of methoxy groups -OCH3 is 1. The van der Waals surface area contributed by atoms with Gasteiger partial charge >= 0.3 is 0 Å². The number of aromatic hydroxyl groups is 1. The minimum atomic E-state index is 0.187. The van der Waals surface area contributed by atoms with Crippen LogP contribution >= 0.6 is 0 Å². The van der Waals surface area contributed by atoms with E-state index in [0.717, 1.165) is 43.1 Å². The Morgan fingerprint density at radius 1 is 1.35 bits per heavy atom. The summed E-state index contributed by atoms with van der Waals surface area (Å²) in [5.41, 5.74) is 3.46. The SMILES string of the molecule is COc1ccc(CN2CCc3cnc(C(C)C)nc3C2)cc1O. The Balaban J connectivity index is 1.74. The molecule has 1 aromatic heterocycles. The van der Waals surface area contributed by atoms with Gasteiger partial charge in [0.05, 0.1) is 12.8 Å². The lowest BCUT2D eigenvalue weighted by Crippen LogP contribution is -2.31. The van der Waals surface area contributed by atoms with Crippen molar-refractivity contribution in [1.29, 1.82) is 0 Å². The molecule has 1 aliphatic rings. The van der Waals surface area contributed by atoms with Gasteiger partial charge < -0.3 is 9.84 Å². The minimum absolute atomic E-state index is 0.187. The van der Waals surface area contributed by atoms with Gasteiger partial charge in [-0.1, -0.05) is 19.9 Å². The number of benzene rings is 1. The Morgan fingerprint density at radius 2 is 2.17 bits per heavy atom. The Labute approximate surface area is 137 Å². The monoisotopic (exact) mass is 313 g/mol. The summed E-state index contributed by atoms with van der Waals surface area (Å²) in [7, 11) is 1.56. The number of phenols is 1. The molecule has 1 N–H and O–H groups in total. The van der Waals surface area contributed by atoms with Gasteiger partial charge in [0.2, 0.25) is 0 Å². The van der Waals surface area contributed by atoms with Crippen LogP contribution in [0.4, 0.5) is 0 Å². The van der Waals surface area contributed by atoms with Gasteiger partial charge in [-0.25, -0.2) is 9.97 Å². The summed E-state index contributed by atoms with van der Waals surface area (Å²) in [6.45, 7) is 6.82. The average Bonchev–Trinajstić information content (AvgIpc) is 2.54. The molecule has 0 amide bonds. The first-order valence-electron chi connectivity index (χ1n) is 7.99. The molecule has 2 aromatic rings. The van der Waals surface area contributed by atoms with Gasteiger partial charge in [0.25, 0.3) is 0 Å². The maximum Gasteiger partial charge on any atom is 0.160 e. The number of fused-ring (bicyclic) bond motifs is 1. The lowest BCUT2D eigenvalue weighted by atomic mass is 10.0. The van der Waals surface area contributed by atoms with E-state index in [0.29, 0.717) is 11.7 Å². The second-order valence-corrected chi connectivity index (χ2v) is 6.32. The van der Waals surface area contributed by atoms with Crippen LogP contribution in [0.5, 0.6) is 11.5 Å². The van der Waals surface area contributed by atoms with Crippen molar-refractivity contribution < 1.29 is 9.84 Å². The van der Waals surface area contributed by atoms with E-state index >= 15 is 0 Å². The van der Waals surface area contributed by atoms with E-state index in [1.54, 1.807) is 13.2 Å². The molecule has 23 heavy (non-hydrogen) atoms. The third kappa shape index (κ3) is 3.45. The Kier molecular flexibility index (Phi) is 4.48. The van der Waals surface area contributed by atoms with Gasteiger partial charge in [0, 0.05) is 31.7 Å². The summed E-state index contributed by atoms with van der Waals surface area (Å²) < 4.78 is 5.09. The van der Waals surface area contributed by atoms with Crippen molar-refractivity contribution in [3.8, 4) is 11.5 Å². The number of nitrogens with zero attached hydrogens (tertiary/aromatic N) is 3. The molecule has 0 atom stereocenters.